The monoisotopic (exact) mass is 288 g/mol. The fourth-order valence-corrected chi connectivity index (χ4v) is 1.43. The van der Waals surface area contributed by atoms with E-state index in [4.69, 9.17) is 0 Å². The Morgan fingerprint density at radius 2 is 1.94 bits per heavy atom. The summed E-state index contributed by atoms with van der Waals surface area (Å²) >= 11 is -2.51. The van der Waals surface area contributed by atoms with Crippen LogP contribution in [-0.4, -0.2) is 33.1 Å². The summed E-state index contributed by atoms with van der Waals surface area (Å²) in [5.41, 5.74) is -2.52. The van der Waals surface area contributed by atoms with Gasteiger partial charge in [-0.05, 0) is 13.8 Å². The maximum Gasteiger partial charge on any atom is 0.422 e. The molecule has 0 aromatic carbocycles. The van der Waals surface area contributed by atoms with Crippen LogP contribution in [0.15, 0.2) is 12.2 Å². The fourth-order valence-electron chi connectivity index (χ4n) is 0.878. The molecule has 0 saturated carbocycles. The molecule has 1 unspecified atom stereocenters. The number of rotatable bonds is 6. The van der Waals surface area contributed by atoms with Crippen LogP contribution in [0.5, 0.6) is 0 Å². The Morgan fingerprint density at radius 3 is 2.33 bits per heavy atom. The van der Waals surface area contributed by atoms with Crippen molar-refractivity contribution in [3.63, 3.8) is 0 Å². The second-order valence-electron chi connectivity index (χ2n) is 4.08. The number of ether oxygens (including phenoxy) is 1. The Morgan fingerprint density at radius 1 is 1.44 bits per heavy atom. The van der Waals surface area contributed by atoms with Crippen LogP contribution in [0.25, 0.3) is 0 Å². The minimum Gasteiger partial charge on any atom is -0.760 e. The molecule has 0 aromatic rings. The van der Waals surface area contributed by atoms with Gasteiger partial charge < -0.3 is 9.29 Å². The third kappa shape index (κ3) is 6.72. The highest BCUT2D eigenvalue weighted by molar-refractivity contribution is 7.77. The van der Waals surface area contributed by atoms with Crippen molar-refractivity contribution in [1.29, 1.82) is 0 Å². The number of carbonyl (C=O) groups excluding carboxylic acids is 1. The molecule has 1 N–H and O–H groups in total. The molecule has 0 saturated heterocycles. The lowest BCUT2D eigenvalue weighted by molar-refractivity contribution is -0.150. The highest BCUT2D eigenvalue weighted by atomic mass is 32.2. The lowest BCUT2D eigenvalue weighted by Crippen LogP contribution is -2.41. The van der Waals surface area contributed by atoms with Crippen LogP contribution in [0.3, 0.4) is 0 Å². The molecule has 9 heteroatoms. The summed E-state index contributed by atoms with van der Waals surface area (Å²) in [4.78, 5) is 10.9. The van der Waals surface area contributed by atoms with Crippen LogP contribution in [-0.2, 0) is 20.8 Å². The third-order valence-corrected chi connectivity index (χ3v) is 2.63. The molecular weight excluding hydrogens is 275 g/mol. The SMILES string of the molecule is C=C(C(=O)OCCC(C)(C)NS(=O)[O-])C(F)(F)F. The van der Waals surface area contributed by atoms with E-state index in [0.29, 0.717) is 0 Å². The van der Waals surface area contributed by atoms with Crippen molar-refractivity contribution in [2.45, 2.75) is 32.0 Å². The predicted molar refractivity (Wildman–Crippen MR) is 56.9 cm³/mol. The number of carbonyl (C=O) groups is 1. The maximum atomic E-state index is 12.0. The molecule has 106 valence electrons. The van der Waals surface area contributed by atoms with E-state index >= 15 is 0 Å². The molecule has 0 spiro atoms. The normalized spacial score (nSPS) is 14.1. The smallest absolute Gasteiger partial charge is 0.422 e. The zero-order valence-corrected chi connectivity index (χ0v) is 10.6. The average molecular weight is 288 g/mol. The Hall–Kier alpha value is -0.930. The maximum absolute atomic E-state index is 12.0. The first kappa shape index (κ1) is 17.1. The summed E-state index contributed by atoms with van der Waals surface area (Å²) in [5.74, 6) is -1.57. The highest BCUT2D eigenvalue weighted by Crippen LogP contribution is 2.25. The summed E-state index contributed by atoms with van der Waals surface area (Å²) in [5, 5.41) is 0. The molecule has 0 aromatic heterocycles. The average Bonchev–Trinajstić information content (AvgIpc) is 2.12. The van der Waals surface area contributed by atoms with Crippen LogP contribution in [0.2, 0.25) is 0 Å². The fraction of sp³-hybridized carbons (Fsp3) is 0.667. The number of alkyl halides is 3. The van der Waals surface area contributed by atoms with Crippen molar-refractivity contribution in [1.82, 2.24) is 4.72 Å². The Labute approximate surface area is 105 Å². The molecule has 18 heavy (non-hydrogen) atoms. The molecule has 1 atom stereocenters. The molecule has 0 rings (SSSR count). The topological polar surface area (TPSA) is 78.5 Å². The van der Waals surface area contributed by atoms with E-state index in [1.165, 1.54) is 13.8 Å². The van der Waals surface area contributed by atoms with E-state index in [1.807, 2.05) is 0 Å². The molecule has 0 heterocycles. The van der Waals surface area contributed by atoms with Crippen molar-refractivity contribution in [2.75, 3.05) is 6.61 Å². The van der Waals surface area contributed by atoms with Crippen LogP contribution >= 0.6 is 0 Å². The number of halogens is 3. The Balaban J connectivity index is 4.17. The van der Waals surface area contributed by atoms with Crippen LogP contribution in [0.4, 0.5) is 13.2 Å². The van der Waals surface area contributed by atoms with Gasteiger partial charge in [0.1, 0.15) is 5.57 Å². The predicted octanol–water partition coefficient (Wildman–Crippen LogP) is 1.20. The quantitative estimate of drug-likeness (QED) is 0.452. The van der Waals surface area contributed by atoms with Crippen LogP contribution in [0.1, 0.15) is 20.3 Å². The van der Waals surface area contributed by atoms with Gasteiger partial charge in [0.15, 0.2) is 0 Å². The minimum atomic E-state index is -4.83. The van der Waals surface area contributed by atoms with E-state index in [2.05, 4.69) is 16.0 Å². The summed E-state index contributed by atoms with van der Waals surface area (Å²) in [6.45, 7) is 5.21. The van der Waals surface area contributed by atoms with Gasteiger partial charge in [-0.2, -0.15) is 13.2 Å². The number of nitrogens with one attached hydrogen (secondary N) is 1. The van der Waals surface area contributed by atoms with E-state index in [-0.39, 0.29) is 13.0 Å². The van der Waals surface area contributed by atoms with Gasteiger partial charge in [-0.25, -0.2) is 9.52 Å². The first-order valence-corrected chi connectivity index (χ1v) is 5.83. The zero-order chi connectivity index (χ0) is 14.6. The third-order valence-electron chi connectivity index (χ3n) is 1.91. The van der Waals surface area contributed by atoms with Crippen LogP contribution in [0, 0.1) is 0 Å². The van der Waals surface area contributed by atoms with Crippen molar-refractivity contribution in [3.8, 4) is 0 Å². The second-order valence-corrected chi connectivity index (χ2v) is 4.76. The van der Waals surface area contributed by atoms with E-state index in [1.54, 1.807) is 0 Å². The number of esters is 1. The summed E-state index contributed by atoms with van der Waals surface area (Å²) < 4.78 is 63.3. The van der Waals surface area contributed by atoms with Gasteiger partial charge in [0, 0.05) is 23.2 Å². The Kier molecular flexibility index (Phi) is 5.97. The van der Waals surface area contributed by atoms with Gasteiger partial charge in [0.25, 0.3) is 0 Å². The molecule has 0 radical (unpaired) electrons. The molecule has 0 aliphatic rings. The molecule has 0 aliphatic carbocycles. The molecule has 5 nitrogen and oxygen atoms in total. The summed E-state index contributed by atoms with van der Waals surface area (Å²) in [6.07, 6.45) is -4.81. The Bertz CT molecular complexity index is 354. The summed E-state index contributed by atoms with van der Waals surface area (Å²) in [6, 6.07) is 0. The number of hydrogen-bond donors (Lipinski definition) is 1. The van der Waals surface area contributed by atoms with E-state index in [9.17, 15) is 26.7 Å². The lowest BCUT2D eigenvalue weighted by atomic mass is 10.0. The minimum absolute atomic E-state index is 0.0257. The second kappa shape index (κ2) is 6.30. The van der Waals surface area contributed by atoms with Gasteiger partial charge >= 0.3 is 12.1 Å². The first-order valence-electron chi connectivity index (χ1n) is 4.76. The van der Waals surface area contributed by atoms with E-state index < -0.39 is 34.5 Å². The van der Waals surface area contributed by atoms with E-state index in [0.717, 1.165) is 0 Å². The molecule has 0 amide bonds. The van der Waals surface area contributed by atoms with Crippen molar-refractivity contribution < 1.29 is 31.5 Å². The van der Waals surface area contributed by atoms with Gasteiger partial charge in [-0.1, -0.05) is 6.58 Å². The van der Waals surface area contributed by atoms with Crippen LogP contribution < -0.4 is 4.72 Å². The van der Waals surface area contributed by atoms with Crippen molar-refractivity contribution >= 4 is 17.2 Å². The van der Waals surface area contributed by atoms with Gasteiger partial charge in [-0.15, -0.1) is 0 Å². The van der Waals surface area contributed by atoms with Gasteiger partial charge in [0.05, 0.1) is 6.61 Å². The standard InChI is InChI=1S/C9H14F3NO4S/c1-6(9(10,11)12)7(14)17-5-4-8(2,3)13-18(15)16/h13H,1,4-5H2,2-3H3,(H,15,16)/p-1. The lowest BCUT2D eigenvalue weighted by Gasteiger charge is -2.27. The molecule has 0 bridgehead atoms. The molecule has 0 fully saturated rings. The van der Waals surface area contributed by atoms with Gasteiger partial charge in [-0.3, -0.25) is 4.21 Å². The summed E-state index contributed by atoms with van der Waals surface area (Å²) in [7, 11) is 0. The molecular formula is C9H13F3NO4S-. The first-order chi connectivity index (χ1) is 7.96. The molecule has 0 aliphatic heterocycles. The highest BCUT2D eigenvalue weighted by Gasteiger charge is 2.38. The van der Waals surface area contributed by atoms with Crippen molar-refractivity contribution in [2.24, 2.45) is 0 Å². The number of hydrogen-bond acceptors (Lipinski definition) is 4. The van der Waals surface area contributed by atoms with Gasteiger partial charge in [0.2, 0.25) is 0 Å². The van der Waals surface area contributed by atoms with Crippen molar-refractivity contribution in [3.05, 3.63) is 12.2 Å². The largest absolute Gasteiger partial charge is 0.760 e. The zero-order valence-electron chi connectivity index (χ0n) is 9.80.